The Kier molecular flexibility index (Phi) is 7.81. The van der Waals surface area contributed by atoms with Gasteiger partial charge in [-0.25, -0.2) is 9.37 Å². The predicted molar refractivity (Wildman–Crippen MR) is 121 cm³/mol. The molecular weight excluding hydrogens is 413 g/mol. The van der Waals surface area contributed by atoms with Crippen LogP contribution in [0.4, 0.5) is 4.39 Å². The van der Waals surface area contributed by atoms with Crippen molar-refractivity contribution in [1.82, 2.24) is 15.6 Å². The van der Waals surface area contributed by atoms with Crippen molar-refractivity contribution >= 4 is 23.2 Å². The molecule has 0 radical (unpaired) electrons. The Hall–Kier alpha value is -2.28. The van der Waals surface area contributed by atoms with Crippen molar-refractivity contribution in [2.24, 2.45) is 17.3 Å². The Morgan fingerprint density at radius 3 is 2.52 bits per heavy atom. The number of rotatable bonds is 7. The largest absolute Gasteiger partial charge is 0.356 e. The molecule has 1 atom stereocenters. The lowest BCUT2D eigenvalue weighted by Crippen LogP contribution is -2.41. The molecule has 1 heterocycles. The molecule has 31 heavy (non-hydrogen) atoms. The monoisotopic (exact) mass is 445 g/mol. The van der Waals surface area contributed by atoms with Crippen molar-refractivity contribution < 1.29 is 14.0 Å². The maximum Gasteiger partial charge on any atom is 0.225 e. The van der Waals surface area contributed by atoms with Crippen LogP contribution in [0.1, 0.15) is 63.1 Å². The third-order valence-corrected chi connectivity index (χ3v) is 6.80. The zero-order valence-electron chi connectivity index (χ0n) is 18.5. The highest BCUT2D eigenvalue weighted by Gasteiger charge is 2.33. The second-order valence-corrected chi connectivity index (χ2v) is 10.4. The molecule has 1 aliphatic rings. The number of thiazole rings is 1. The first kappa shape index (κ1) is 23.4. The summed E-state index contributed by atoms with van der Waals surface area (Å²) < 4.78 is 13.7. The lowest BCUT2D eigenvalue weighted by molar-refractivity contribution is -0.130. The highest BCUT2D eigenvalue weighted by molar-refractivity contribution is 7.09. The van der Waals surface area contributed by atoms with Crippen molar-refractivity contribution in [3.05, 3.63) is 52.2 Å². The maximum absolute atomic E-state index is 13.7. The molecule has 168 valence electrons. The van der Waals surface area contributed by atoms with Crippen LogP contribution in [0.2, 0.25) is 0 Å². The molecule has 0 saturated heterocycles. The van der Waals surface area contributed by atoms with Gasteiger partial charge >= 0.3 is 0 Å². The smallest absolute Gasteiger partial charge is 0.225 e. The number of hydrogen-bond donors (Lipinski definition) is 2. The fourth-order valence-corrected chi connectivity index (χ4v) is 4.77. The topological polar surface area (TPSA) is 71.1 Å². The van der Waals surface area contributed by atoms with E-state index in [1.807, 2.05) is 26.2 Å². The van der Waals surface area contributed by atoms with Crippen LogP contribution in [-0.2, 0) is 16.0 Å². The van der Waals surface area contributed by atoms with E-state index in [2.05, 4.69) is 15.6 Å². The normalized spacial score (nSPS) is 20.1. The SMILES string of the molecule is CC(C)(C)C(=O)N[C@H](c1nccs1)C1CCC(CNC(=O)Cc2ccccc2F)CC1. The first-order chi connectivity index (χ1) is 14.7. The average Bonchev–Trinajstić information content (AvgIpc) is 3.26. The van der Waals surface area contributed by atoms with Crippen LogP contribution in [0.3, 0.4) is 0 Å². The molecule has 5 nitrogen and oxygen atoms in total. The van der Waals surface area contributed by atoms with E-state index in [1.165, 1.54) is 6.07 Å². The van der Waals surface area contributed by atoms with Crippen molar-refractivity contribution in [2.75, 3.05) is 6.54 Å². The number of hydrogen-bond acceptors (Lipinski definition) is 4. The average molecular weight is 446 g/mol. The van der Waals surface area contributed by atoms with E-state index in [1.54, 1.807) is 35.7 Å². The summed E-state index contributed by atoms with van der Waals surface area (Å²) in [5.41, 5.74) is -0.0283. The number of benzene rings is 1. The van der Waals surface area contributed by atoms with Crippen LogP contribution >= 0.6 is 11.3 Å². The van der Waals surface area contributed by atoms with Gasteiger partial charge in [-0.2, -0.15) is 0 Å². The standard InChI is InChI=1S/C24H32FN3O2S/c1-24(2,3)23(30)28-21(22-26-12-13-31-22)17-10-8-16(9-11-17)15-27-20(29)14-18-6-4-5-7-19(18)25/h4-7,12-13,16-17,21H,8-11,14-15H2,1-3H3,(H,27,29)(H,28,30)/t16?,17?,21-/m0/s1. The summed E-state index contributed by atoms with van der Waals surface area (Å²) in [6.45, 7) is 6.36. The second kappa shape index (κ2) is 10.4. The molecule has 1 aromatic heterocycles. The van der Waals surface area contributed by atoms with E-state index in [9.17, 15) is 14.0 Å². The molecule has 0 bridgehead atoms. The van der Waals surface area contributed by atoms with Crippen LogP contribution in [0.5, 0.6) is 0 Å². The number of nitrogens with one attached hydrogen (secondary N) is 2. The molecule has 3 rings (SSSR count). The van der Waals surface area contributed by atoms with Gasteiger partial charge in [0.05, 0.1) is 12.5 Å². The Balaban J connectivity index is 1.50. The minimum atomic E-state index is -0.449. The Morgan fingerprint density at radius 1 is 1.19 bits per heavy atom. The highest BCUT2D eigenvalue weighted by Crippen LogP contribution is 2.38. The van der Waals surface area contributed by atoms with Crippen molar-refractivity contribution in [1.29, 1.82) is 0 Å². The molecule has 2 aromatic rings. The van der Waals surface area contributed by atoms with Gasteiger partial charge in [0.15, 0.2) is 0 Å². The molecular formula is C24H32FN3O2S. The zero-order chi connectivity index (χ0) is 22.4. The number of carbonyl (C=O) groups is 2. The van der Waals surface area contributed by atoms with Crippen LogP contribution < -0.4 is 10.6 Å². The molecule has 0 spiro atoms. The summed E-state index contributed by atoms with van der Waals surface area (Å²) in [7, 11) is 0. The van der Waals surface area contributed by atoms with Gasteiger partial charge in [-0.1, -0.05) is 39.0 Å². The Labute approximate surface area is 187 Å². The van der Waals surface area contributed by atoms with E-state index in [0.29, 0.717) is 23.9 Å². The third-order valence-electron chi connectivity index (χ3n) is 5.94. The van der Waals surface area contributed by atoms with Gasteiger partial charge in [0.25, 0.3) is 0 Å². The van der Waals surface area contributed by atoms with Gasteiger partial charge in [-0.05, 0) is 49.1 Å². The Morgan fingerprint density at radius 2 is 1.90 bits per heavy atom. The summed E-state index contributed by atoms with van der Waals surface area (Å²) in [6, 6.07) is 6.32. The molecule has 1 saturated carbocycles. The van der Waals surface area contributed by atoms with E-state index in [4.69, 9.17) is 0 Å². The van der Waals surface area contributed by atoms with Crippen molar-refractivity contribution in [2.45, 2.75) is 58.9 Å². The summed E-state index contributed by atoms with van der Waals surface area (Å²) in [4.78, 5) is 29.3. The lowest BCUT2D eigenvalue weighted by Gasteiger charge is -2.34. The van der Waals surface area contributed by atoms with Crippen molar-refractivity contribution in [3.63, 3.8) is 0 Å². The summed E-state index contributed by atoms with van der Waals surface area (Å²) in [6.07, 6.45) is 5.76. The molecule has 0 aliphatic heterocycles. The minimum Gasteiger partial charge on any atom is -0.356 e. The Bertz CT molecular complexity index is 871. The molecule has 1 fully saturated rings. The summed E-state index contributed by atoms with van der Waals surface area (Å²) >= 11 is 1.58. The predicted octanol–water partition coefficient (Wildman–Crippen LogP) is 4.65. The van der Waals surface area contributed by atoms with Gasteiger partial charge in [-0.15, -0.1) is 11.3 Å². The fourth-order valence-electron chi connectivity index (χ4n) is 3.99. The zero-order valence-corrected chi connectivity index (χ0v) is 19.3. The van der Waals surface area contributed by atoms with E-state index < -0.39 is 5.41 Å². The van der Waals surface area contributed by atoms with Gasteiger partial charge in [-0.3, -0.25) is 9.59 Å². The first-order valence-electron chi connectivity index (χ1n) is 10.9. The van der Waals surface area contributed by atoms with Gasteiger partial charge < -0.3 is 10.6 Å². The molecule has 1 aromatic carbocycles. The van der Waals surface area contributed by atoms with Gasteiger partial charge in [0.1, 0.15) is 10.8 Å². The number of carbonyl (C=O) groups excluding carboxylic acids is 2. The number of halogens is 1. The van der Waals surface area contributed by atoms with Crippen LogP contribution in [-0.4, -0.2) is 23.3 Å². The quantitative estimate of drug-likeness (QED) is 0.652. The second-order valence-electron chi connectivity index (χ2n) is 9.42. The molecule has 2 N–H and O–H groups in total. The van der Waals surface area contributed by atoms with E-state index >= 15 is 0 Å². The molecule has 7 heteroatoms. The number of amides is 2. The lowest BCUT2D eigenvalue weighted by atomic mass is 9.78. The van der Waals surface area contributed by atoms with Gasteiger partial charge in [0.2, 0.25) is 11.8 Å². The molecule has 2 amide bonds. The molecule has 0 unspecified atom stereocenters. The van der Waals surface area contributed by atoms with Crippen LogP contribution in [0, 0.1) is 23.1 Å². The highest BCUT2D eigenvalue weighted by atomic mass is 32.1. The van der Waals surface area contributed by atoms with E-state index in [-0.39, 0.29) is 30.1 Å². The molecule has 1 aliphatic carbocycles. The first-order valence-corrected chi connectivity index (χ1v) is 11.8. The number of aromatic nitrogens is 1. The van der Waals surface area contributed by atoms with Gasteiger partial charge in [0, 0.05) is 23.5 Å². The van der Waals surface area contributed by atoms with Crippen LogP contribution in [0.25, 0.3) is 0 Å². The fraction of sp³-hybridized carbons (Fsp3) is 0.542. The van der Waals surface area contributed by atoms with E-state index in [0.717, 1.165) is 30.7 Å². The maximum atomic E-state index is 13.7. The summed E-state index contributed by atoms with van der Waals surface area (Å²) in [5.74, 6) is 0.281. The van der Waals surface area contributed by atoms with Crippen LogP contribution in [0.15, 0.2) is 35.8 Å². The third kappa shape index (κ3) is 6.60. The number of nitrogens with zero attached hydrogens (tertiary/aromatic N) is 1. The van der Waals surface area contributed by atoms with Crippen molar-refractivity contribution in [3.8, 4) is 0 Å². The minimum absolute atomic E-state index is 0.0373. The summed E-state index contributed by atoms with van der Waals surface area (Å²) in [5, 5.41) is 9.10.